The van der Waals surface area contributed by atoms with Gasteiger partial charge in [0.1, 0.15) is 0 Å². The summed E-state index contributed by atoms with van der Waals surface area (Å²) in [6.45, 7) is 9.45. The van der Waals surface area contributed by atoms with Crippen LogP contribution in [0.3, 0.4) is 0 Å². The van der Waals surface area contributed by atoms with Crippen molar-refractivity contribution in [3.05, 3.63) is 11.7 Å². The molecule has 0 bridgehead atoms. The minimum Gasteiger partial charge on any atom is -0.355 e. The summed E-state index contributed by atoms with van der Waals surface area (Å²) in [6, 6.07) is 0. The Balaban J connectivity index is 1.72. The number of rotatable bonds is 6. The molecule has 1 amide bonds. The van der Waals surface area contributed by atoms with Crippen molar-refractivity contribution in [2.75, 3.05) is 39.3 Å². The van der Waals surface area contributed by atoms with Gasteiger partial charge in [-0.05, 0) is 6.92 Å². The maximum absolute atomic E-state index is 11.5. The molecule has 2 rings (SSSR count). The smallest absolute Gasteiger partial charge is 0.240 e. The summed E-state index contributed by atoms with van der Waals surface area (Å²) >= 11 is 0. The van der Waals surface area contributed by atoms with Crippen molar-refractivity contribution in [1.29, 1.82) is 0 Å². The summed E-state index contributed by atoms with van der Waals surface area (Å²) in [5.41, 5.74) is 0. The van der Waals surface area contributed by atoms with E-state index in [1.54, 1.807) is 0 Å². The van der Waals surface area contributed by atoms with Crippen molar-refractivity contribution in [2.24, 2.45) is 0 Å². The van der Waals surface area contributed by atoms with Crippen LogP contribution in [-0.2, 0) is 17.8 Å². The second-order valence-corrected chi connectivity index (χ2v) is 4.96. The summed E-state index contributed by atoms with van der Waals surface area (Å²) in [5.74, 6) is 1.54. The average molecular weight is 281 g/mol. The van der Waals surface area contributed by atoms with E-state index in [1.807, 2.05) is 13.8 Å². The van der Waals surface area contributed by atoms with Gasteiger partial charge in [0.05, 0.1) is 13.1 Å². The van der Waals surface area contributed by atoms with Crippen LogP contribution in [-0.4, -0.2) is 65.1 Å². The quantitative estimate of drug-likeness (QED) is 0.784. The minimum absolute atomic E-state index is 0.102. The molecule has 1 aliphatic heterocycles. The van der Waals surface area contributed by atoms with Crippen LogP contribution in [0.2, 0.25) is 0 Å². The van der Waals surface area contributed by atoms with Gasteiger partial charge in [-0.2, -0.15) is 4.98 Å². The standard InChI is InChI=1S/C13H23N5O2/c1-3-11-15-13(20-16-11)10-18-7-5-17(6-8-18)9-12(19)14-4-2/h3-10H2,1-2H3,(H,14,19). The van der Waals surface area contributed by atoms with Crippen molar-refractivity contribution in [2.45, 2.75) is 26.8 Å². The molecule has 1 N–H and O–H groups in total. The number of piperazine rings is 1. The number of nitrogens with one attached hydrogen (secondary N) is 1. The number of carbonyl (C=O) groups excluding carboxylic acids is 1. The number of amides is 1. The molecular weight excluding hydrogens is 258 g/mol. The molecule has 20 heavy (non-hydrogen) atoms. The second kappa shape index (κ2) is 7.35. The Labute approximate surface area is 119 Å². The lowest BCUT2D eigenvalue weighted by molar-refractivity contribution is -0.122. The van der Waals surface area contributed by atoms with Crippen LogP contribution in [0.25, 0.3) is 0 Å². The lowest BCUT2D eigenvalue weighted by atomic mass is 10.3. The van der Waals surface area contributed by atoms with Gasteiger partial charge in [0, 0.05) is 39.1 Å². The largest absolute Gasteiger partial charge is 0.355 e. The van der Waals surface area contributed by atoms with Gasteiger partial charge in [-0.3, -0.25) is 14.6 Å². The van der Waals surface area contributed by atoms with Gasteiger partial charge in [-0.15, -0.1) is 0 Å². The van der Waals surface area contributed by atoms with E-state index in [0.717, 1.165) is 38.4 Å². The molecule has 1 aromatic heterocycles. The van der Waals surface area contributed by atoms with Crippen LogP contribution in [0.4, 0.5) is 0 Å². The summed E-state index contributed by atoms with van der Waals surface area (Å²) in [4.78, 5) is 20.3. The van der Waals surface area contributed by atoms with E-state index in [2.05, 4.69) is 25.3 Å². The highest BCUT2D eigenvalue weighted by molar-refractivity contribution is 5.77. The zero-order chi connectivity index (χ0) is 14.4. The molecule has 112 valence electrons. The van der Waals surface area contributed by atoms with Crippen LogP contribution in [0.1, 0.15) is 25.6 Å². The Hall–Kier alpha value is -1.47. The molecule has 7 nitrogen and oxygen atoms in total. The highest BCUT2D eigenvalue weighted by Crippen LogP contribution is 2.07. The Bertz CT molecular complexity index is 426. The van der Waals surface area contributed by atoms with Crippen LogP contribution >= 0.6 is 0 Å². The summed E-state index contributed by atoms with van der Waals surface area (Å²) in [7, 11) is 0. The van der Waals surface area contributed by atoms with Gasteiger partial charge in [0.2, 0.25) is 11.8 Å². The Morgan fingerprint density at radius 3 is 2.55 bits per heavy atom. The van der Waals surface area contributed by atoms with Crippen molar-refractivity contribution < 1.29 is 9.32 Å². The van der Waals surface area contributed by atoms with Crippen molar-refractivity contribution in [3.63, 3.8) is 0 Å². The minimum atomic E-state index is 0.102. The highest BCUT2D eigenvalue weighted by atomic mass is 16.5. The third kappa shape index (κ3) is 4.28. The van der Waals surface area contributed by atoms with E-state index < -0.39 is 0 Å². The molecule has 1 aromatic rings. The topological polar surface area (TPSA) is 74.5 Å². The number of aryl methyl sites for hydroxylation is 1. The number of hydrogen-bond acceptors (Lipinski definition) is 6. The molecule has 0 unspecified atom stereocenters. The van der Waals surface area contributed by atoms with E-state index in [1.165, 1.54) is 0 Å². The zero-order valence-corrected chi connectivity index (χ0v) is 12.3. The van der Waals surface area contributed by atoms with Crippen molar-refractivity contribution in [1.82, 2.24) is 25.3 Å². The number of carbonyl (C=O) groups is 1. The molecule has 0 saturated carbocycles. The van der Waals surface area contributed by atoms with E-state index >= 15 is 0 Å². The molecule has 1 aliphatic rings. The Morgan fingerprint density at radius 1 is 1.25 bits per heavy atom. The van der Waals surface area contributed by atoms with Crippen LogP contribution in [0.15, 0.2) is 4.52 Å². The SMILES string of the molecule is CCNC(=O)CN1CCN(Cc2nc(CC)no2)CC1. The van der Waals surface area contributed by atoms with Crippen molar-refractivity contribution >= 4 is 5.91 Å². The van der Waals surface area contributed by atoms with Gasteiger partial charge in [-0.25, -0.2) is 0 Å². The molecular formula is C13H23N5O2. The van der Waals surface area contributed by atoms with E-state index in [9.17, 15) is 4.79 Å². The normalized spacial score (nSPS) is 17.3. The van der Waals surface area contributed by atoms with Crippen LogP contribution < -0.4 is 5.32 Å². The average Bonchev–Trinajstić information content (AvgIpc) is 2.89. The Kier molecular flexibility index (Phi) is 5.49. The fraction of sp³-hybridized carbons (Fsp3) is 0.769. The molecule has 0 atom stereocenters. The maximum Gasteiger partial charge on any atom is 0.240 e. The summed E-state index contributed by atoms with van der Waals surface area (Å²) in [6.07, 6.45) is 0.795. The lowest BCUT2D eigenvalue weighted by Crippen LogP contribution is -2.49. The molecule has 0 radical (unpaired) electrons. The van der Waals surface area contributed by atoms with Gasteiger partial charge < -0.3 is 9.84 Å². The van der Waals surface area contributed by atoms with Crippen LogP contribution in [0.5, 0.6) is 0 Å². The molecule has 7 heteroatoms. The highest BCUT2D eigenvalue weighted by Gasteiger charge is 2.20. The predicted molar refractivity (Wildman–Crippen MR) is 74.1 cm³/mol. The second-order valence-electron chi connectivity index (χ2n) is 4.96. The molecule has 0 spiro atoms. The molecule has 1 fully saturated rings. The first-order chi connectivity index (χ1) is 9.71. The zero-order valence-electron chi connectivity index (χ0n) is 12.3. The van der Waals surface area contributed by atoms with E-state index in [-0.39, 0.29) is 5.91 Å². The third-order valence-electron chi connectivity index (χ3n) is 3.39. The third-order valence-corrected chi connectivity index (χ3v) is 3.39. The maximum atomic E-state index is 11.5. The van der Waals surface area contributed by atoms with Gasteiger partial charge >= 0.3 is 0 Å². The van der Waals surface area contributed by atoms with Crippen molar-refractivity contribution in [3.8, 4) is 0 Å². The van der Waals surface area contributed by atoms with E-state index in [4.69, 9.17) is 4.52 Å². The lowest BCUT2D eigenvalue weighted by Gasteiger charge is -2.33. The van der Waals surface area contributed by atoms with E-state index in [0.29, 0.717) is 25.5 Å². The predicted octanol–water partition coefficient (Wildman–Crippen LogP) is -0.114. The van der Waals surface area contributed by atoms with Gasteiger partial charge in [0.25, 0.3) is 0 Å². The molecule has 1 saturated heterocycles. The van der Waals surface area contributed by atoms with Crippen LogP contribution in [0, 0.1) is 0 Å². The first-order valence-corrected chi connectivity index (χ1v) is 7.24. The summed E-state index contributed by atoms with van der Waals surface area (Å²) < 4.78 is 5.20. The number of nitrogens with zero attached hydrogens (tertiary/aromatic N) is 4. The monoisotopic (exact) mass is 281 g/mol. The molecule has 0 aromatic carbocycles. The fourth-order valence-electron chi connectivity index (χ4n) is 2.25. The first kappa shape index (κ1) is 14.9. The molecule has 2 heterocycles. The summed E-state index contributed by atoms with van der Waals surface area (Å²) in [5, 5.41) is 6.72. The number of hydrogen-bond donors (Lipinski definition) is 1. The number of aromatic nitrogens is 2. The Morgan fingerprint density at radius 2 is 1.95 bits per heavy atom. The van der Waals surface area contributed by atoms with Gasteiger partial charge in [-0.1, -0.05) is 12.1 Å². The van der Waals surface area contributed by atoms with Gasteiger partial charge in [0.15, 0.2) is 5.82 Å². The molecule has 0 aliphatic carbocycles. The number of likely N-dealkylation sites (N-methyl/N-ethyl adjacent to an activating group) is 1. The fourth-order valence-corrected chi connectivity index (χ4v) is 2.25. The first-order valence-electron chi connectivity index (χ1n) is 7.24.